The molecule has 0 spiro atoms. The average molecular weight is 229 g/mol. The molecule has 0 fully saturated rings. The molecule has 0 saturated carbocycles. The van der Waals surface area contributed by atoms with Crippen molar-refractivity contribution in [2.24, 2.45) is 10.1 Å². The van der Waals surface area contributed by atoms with Gasteiger partial charge < -0.3 is 4.84 Å². The Morgan fingerprint density at radius 3 is 2.93 bits per heavy atom. The molecular weight excluding hydrogens is 223 g/mol. The Labute approximate surface area is 90.0 Å². The molecule has 4 nitrogen and oxygen atoms in total. The van der Waals surface area contributed by atoms with Crippen molar-refractivity contribution in [1.29, 1.82) is 0 Å². The van der Waals surface area contributed by atoms with E-state index in [-0.39, 0.29) is 10.7 Å². The Bertz CT molecular complexity index is 442. The number of rotatable bonds is 3. The van der Waals surface area contributed by atoms with E-state index >= 15 is 0 Å². The van der Waals surface area contributed by atoms with Gasteiger partial charge in [0.2, 0.25) is 6.08 Å². The maximum absolute atomic E-state index is 13.1. The fraction of sp³-hybridized carbons (Fsp3) is 0.111. The summed E-state index contributed by atoms with van der Waals surface area (Å²) in [7, 11) is 1.36. The van der Waals surface area contributed by atoms with E-state index < -0.39 is 5.82 Å². The molecule has 0 aliphatic carbocycles. The Balaban J connectivity index is 3.22. The van der Waals surface area contributed by atoms with Crippen molar-refractivity contribution >= 4 is 29.6 Å². The molecular formula is C9H6ClFN2O2. The fourth-order valence-corrected chi connectivity index (χ4v) is 1.10. The molecule has 1 aromatic rings. The van der Waals surface area contributed by atoms with Crippen molar-refractivity contribution in [1.82, 2.24) is 0 Å². The van der Waals surface area contributed by atoms with Crippen molar-refractivity contribution < 1.29 is 14.0 Å². The summed E-state index contributed by atoms with van der Waals surface area (Å²) < 4.78 is 13.1. The molecule has 0 aromatic heterocycles. The second-order valence-corrected chi connectivity index (χ2v) is 2.85. The Kier molecular flexibility index (Phi) is 3.97. The third kappa shape index (κ3) is 2.87. The van der Waals surface area contributed by atoms with E-state index in [0.717, 1.165) is 6.07 Å². The fourth-order valence-electron chi connectivity index (χ4n) is 0.897. The Morgan fingerprint density at radius 1 is 1.60 bits per heavy atom. The first kappa shape index (κ1) is 11.4. The van der Waals surface area contributed by atoms with Gasteiger partial charge in [0.15, 0.2) is 5.82 Å². The molecule has 0 unspecified atom stereocenters. The quantitative estimate of drug-likeness (QED) is 0.453. The number of oxime groups is 1. The number of halogens is 2. The summed E-state index contributed by atoms with van der Waals surface area (Å²) in [6.45, 7) is 0. The molecule has 1 rings (SSSR count). The number of isocyanates is 1. The third-order valence-corrected chi connectivity index (χ3v) is 1.86. The summed E-state index contributed by atoms with van der Waals surface area (Å²) in [5.74, 6) is -0.696. The summed E-state index contributed by atoms with van der Waals surface area (Å²) >= 11 is 5.71. The molecule has 0 saturated heterocycles. The first-order valence-electron chi connectivity index (χ1n) is 3.82. The summed E-state index contributed by atoms with van der Waals surface area (Å²) in [5.41, 5.74) is 0.251. The van der Waals surface area contributed by atoms with Crippen molar-refractivity contribution in [2.75, 3.05) is 7.11 Å². The Morgan fingerprint density at radius 2 is 2.33 bits per heavy atom. The van der Waals surface area contributed by atoms with Gasteiger partial charge >= 0.3 is 0 Å². The molecule has 0 bridgehead atoms. The first-order valence-corrected chi connectivity index (χ1v) is 4.20. The van der Waals surface area contributed by atoms with Crippen LogP contribution in [0.2, 0.25) is 5.02 Å². The van der Waals surface area contributed by atoms with Crippen molar-refractivity contribution in [3.05, 3.63) is 28.5 Å². The van der Waals surface area contributed by atoms with Gasteiger partial charge in [0.1, 0.15) is 12.8 Å². The van der Waals surface area contributed by atoms with Crippen LogP contribution in [0.3, 0.4) is 0 Å². The zero-order valence-electron chi connectivity index (χ0n) is 7.70. The van der Waals surface area contributed by atoms with Gasteiger partial charge in [-0.3, -0.25) is 0 Å². The second-order valence-electron chi connectivity index (χ2n) is 2.45. The summed E-state index contributed by atoms with van der Waals surface area (Å²) in [4.78, 5) is 17.6. The van der Waals surface area contributed by atoms with Gasteiger partial charge in [-0.25, -0.2) is 9.18 Å². The van der Waals surface area contributed by atoms with E-state index in [2.05, 4.69) is 15.0 Å². The summed E-state index contributed by atoms with van der Waals surface area (Å²) in [6.07, 6.45) is 2.53. The minimum absolute atomic E-state index is 0.146. The van der Waals surface area contributed by atoms with E-state index in [4.69, 9.17) is 11.6 Å². The molecule has 0 aliphatic heterocycles. The highest BCUT2D eigenvalue weighted by Crippen LogP contribution is 2.24. The highest BCUT2D eigenvalue weighted by molar-refractivity contribution is 6.33. The molecule has 1 aromatic carbocycles. The Hall–Kier alpha value is -1.71. The highest BCUT2D eigenvalue weighted by atomic mass is 35.5. The molecule has 78 valence electrons. The lowest BCUT2D eigenvalue weighted by molar-refractivity contribution is 0.215. The van der Waals surface area contributed by atoms with Crippen LogP contribution in [0.25, 0.3) is 0 Å². The van der Waals surface area contributed by atoms with Gasteiger partial charge in [-0.05, 0) is 12.1 Å². The minimum Gasteiger partial charge on any atom is -0.399 e. The van der Waals surface area contributed by atoms with Gasteiger partial charge in [-0.1, -0.05) is 16.8 Å². The number of nitrogens with zero attached hydrogens (tertiary/aromatic N) is 2. The van der Waals surface area contributed by atoms with E-state index in [1.807, 2.05) is 0 Å². The second kappa shape index (κ2) is 5.24. The van der Waals surface area contributed by atoms with Crippen molar-refractivity contribution in [2.45, 2.75) is 0 Å². The van der Waals surface area contributed by atoms with Crippen molar-refractivity contribution in [3.63, 3.8) is 0 Å². The van der Waals surface area contributed by atoms with Crippen LogP contribution < -0.4 is 0 Å². The first-order chi connectivity index (χ1) is 7.19. The molecule has 0 amide bonds. The van der Waals surface area contributed by atoms with Crippen LogP contribution in [0.4, 0.5) is 10.1 Å². The van der Waals surface area contributed by atoms with E-state index in [0.29, 0.717) is 5.56 Å². The molecule has 0 atom stereocenters. The van der Waals surface area contributed by atoms with Gasteiger partial charge in [0.25, 0.3) is 0 Å². The number of benzene rings is 1. The molecule has 0 radical (unpaired) electrons. The normalized spacial score (nSPS) is 10.1. The van der Waals surface area contributed by atoms with E-state index in [9.17, 15) is 9.18 Å². The van der Waals surface area contributed by atoms with Crippen LogP contribution in [0.15, 0.2) is 22.3 Å². The van der Waals surface area contributed by atoms with Crippen molar-refractivity contribution in [3.8, 4) is 0 Å². The largest absolute Gasteiger partial charge is 0.399 e. The van der Waals surface area contributed by atoms with Crippen LogP contribution in [0, 0.1) is 5.82 Å². The summed E-state index contributed by atoms with van der Waals surface area (Å²) in [6, 6.07) is 2.31. The SMILES string of the molecule is CON=Cc1cc(N=C=O)c(F)cc1Cl. The molecule has 15 heavy (non-hydrogen) atoms. The standard InChI is InChI=1S/C9H6ClFN2O2/c1-15-13-4-6-2-9(12-5-14)8(11)3-7(6)10/h2-4H,1H3. The third-order valence-electron chi connectivity index (χ3n) is 1.53. The molecule has 0 heterocycles. The van der Waals surface area contributed by atoms with Crippen LogP contribution in [0.5, 0.6) is 0 Å². The molecule has 6 heteroatoms. The van der Waals surface area contributed by atoms with Gasteiger partial charge in [-0.2, -0.15) is 4.99 Å². The average Bonchev–Trinajstić information content (AvgIpc) is 2.20. The van der Waals surface area contributed by atoms with Crippen LogP contribution in [0.1, 0.15) is 5.56 Å². The molecule has 0 N–H and O–H groups in total. The zero-order valence-corrected chi connectivity index (χ0v) is 8.45. The molecule has 0 aliphatic rings. The number of aliphatic imine (C=N–C) groups is 1. The van der Waals surface area contributed by atoms with E-state index in [1.54, 1.807) is 0 Å². The maximum Gasteiger partial charge on any atom is 0.240 e. The van der Waals surface area contributed by atoms with Crippen LogP contribution in [-0.4, -0.2) is 19.4 Å². The monoisotopic (exact) mass is 228 g/mol. The number of hydrogen-bond acceptors (Lipinski definition) is 4. The lowest BCUT2D eigenvalue weighted by Gasteiger charge is -2.00. The predicted molar refractivity (Wildman–Crippen MR) is 53.8 cm³/mol. The lowest BCUT2D eigenvalue weighted by Crippen LogP contribution is -1.87. The number of carbonyl (C=O) groups excluding carboxylic acids is 1. The number of hydrogen-bond donors (Lipinski definition) is 0. The predicted octanol–water partition coefficient (Wildman–Crippen LogP) is 2.43. The van der Waals surface area contributed by atoms with Gasteiger partial charge in [0.05, 0.1) is 11.2 Å². The lowest BCUT2D eigenvalue weighted by atomic mass is 10.2. The smallest absolute Gasteiger partial charge is 0.240 e. The maximum atomic E-state index is 13.1. The van der Waals surface area contributed by atoms with Gasteiger partial charge in [0, 0.05) is 5.56 Å². The zero-order chi connectivity index (χ0) is 11.3. The summed E-state index contributed by atoms with van der Waals surface area (Å²) in [5, 5.41) is 3.61. The highest BCUT2D eigenvalue weighted by Gasteiger charge is 2.06. The van der Waals surface area contributed by atoms with E-state index in [1.165, 1.54) is 25.5 Å². The van der Waals surface area contributed by atoms with Crippen LogP contribution in [-0.2, 0) is 9.63 Å². The van der Waals surface area contributed by atoms with Gasteiger partial charge in [-0.15, -0.1) is 0 Å². The van der Waals surface area contributed by atoms with Crippen LogP contribution >= 0.6 is 11.6 Å². The minimum atomic E-state index is -0.696. The topological polar surface area (TPSA) is 51.0 Å².